The second-order valence-corrected chi connectivity index (χ2v) is 6.55. The summed E-state index contributed by atoms with van der Waals surface area (Å²) in [5, 5.41) is 8.71. The Kier molecular flexibility index (Phi) is 5.11. The molecule has 0 unspecified atom stereocenters. The Hall–Kier alpha value is -3.14. The first-order chi connectivity index (χ1) is 13.6. The van der Waals surface area contributed by atoms with E-state index in [9.17, 15) is 8.78 Å². The highest BCUT2D eigenvalue weighted by molar-refractivity contribution is 7.98. The van der Waals surface area contributed by atoms with Crippen LogP contribution in [-0.2, 0) is 5.75 Å². The highest BCUT2D eigenvalue weighted by atomic mass is 32.2. The third-order valence-corrected chi connectivity index (χ3v) is 4.65. The van der Waals surface area contributed by atoms with E-state index in [-0.39, 0.29) is 5.75 Å². The Balaban J connectivity index is 1.47. The third-order valence-electron chi connectivity index (χ3n) is 3.79. The molecule has 7 nitrogen and oxygen atoms in total. The number of methoxy groups -OCH3 is 1. The molecule has 0 aliphatic carbocycles. The van der Waals surface area contributed by atoms with Crippen molar-refractivity contribution in [1.82, 2.24) is 20.2 Å². The van der Waals surface area contributed by atoms with Gasteiger partial charge in [-0.05, 0) is 24.3 Å². The summed E-state index contributed by atoms with van der Waals surface area (Å²) in [5.74, 6) is 1.90. The van der Waals surface area contributed by atoms with E-state index >= 15 is 0 Å². The molecule has 0 fully saturated rings. The van der Waals surface area contributed by atoms with Crippen molar-refractivity contribution in [3.05, 3.63) is 48.4 Å². The Bertz CT molecular complexity index is 1100. The topological polar surface area (TPSA) is 86.1 Å². The highest BCUT2D eigenvalue weighted by Crippen LogP contribution is 2.30. The molecule has 144 valence electrons. The monoisotopic (exact) mass is 404 g/mol. The summed E-state index contributed by atoms with van der Waals surface area (Å²) in [4.78, 5) is 7.45. The predicted octanol–water partition coefficient (Wildman–Crippen LogP) is 4.52. The number of hydrogen-bond donors (Lipinski definition) is 1. The molecule has 10 heteroatoms. The summed E-state index contributed by atoms with van der Waals surface area (Å²) in [7, 11) is 1.57. The number of fused-ring (bicyclic) bond motifs is 1. The highest BCUT2D eigenvalue weighted by Gasteiger charge is 2.14. The van der Waals surface area contributed by atoms with Crippen molar-refractivity contribution in [3.63, 3.8) is 0 Å². The molecule has 4 aromatic rings. The lowest BCUT2D eigenvalue weighted by Gasteiger charge is -2.03. The van der Waals surface area contributed by atoms with Crippen molar-refractivity contribution < 1.29 is 22.7 Å². The van der Waals surface area contributed by atoms with Gasteiger partial charge in [-0.2, -0.15) is 8.78 Å². The number of nitrogens with one attached hydrogen (secondary N) is 1. The van der Waals surface area contributed by atoms with Gasteiger partial charge in [0.25, 0.3) is 5.89 Å². The third kappa shape index (κ3) is 3.91. The average molecular weight is 404 g/mol. The van der Waals surface area contributed by atoms with E-state index in [0.29, 0.717) is 45.0 Å². The van der Waals surface area contributed by atoms with Crippen LogP contribution in [-0.4, -0.2) is 33.9 Å². The second-order valence-electron chi connectivity index (χ2n) is 5.59. The number of nitrogens with zero attached hydrogens (tertiary/aromatic N) is 3. The summed E-state index contributed by atoms with van der Waals surface area (Å²) in [6.45, 7) is -2.87. The van der Waals surface area contributed by atoms with E-state index in [0.717, 1.165) is 0 Å². The Morgan fingerprint density at radius 1 is 1.18 bits per heavy atom. The fourth-order valence-electron chi connectivity index (χ4n) is 2.58. The van der Waals surface area contributed by atoms with Crippen molar-refractivity contribution in [2.24, 2.45) is 0 Å². The van der Waals surface area contributed by atoms with Crippen molar-refractivity contribution in [1.29, 1.82) is 0 Å². The normalized spacial score (nSPS) is 11.3. The van der Waals surface area contributed by atoms with Crippen LogP contribution in [0.5, 0.6) is 11.5 Å². The van der Waals surface area contributed by atoms with Gasteiger partial charge in [-0.3, -0.25) is 0 Å². The van der Waals surface area contributed by atoms with Gasteiger partial charge in [0.1, 0.15) is 11.5 Å². The number of ether oxygens (including phenoxy) is 2. The lowest BCUT2D eigenvalue weighted by molar-refractivity contribution is -0.0497. The zero-order valence-electron chi connectivity index (χ0n) is 14.6. The minimum absolute atomic E-state index is 0.0704. The molecule has 0 amide bonds. The van der Waals surface area contributed by atoms with Gasteiger partial charge in [0.05, 0.1) is 29.5 Å². The molecule has 2 heterocycles. The molecule has 4 rings (SSSR count). The maximum atomic E-state index is 12.3. The van der Waals surface area contributed by atoms with E-state index in [1.165, 1.54) is 23.9 Å². The zero-order chi connectivity index (χ0) is 19.5. The molecular formula is C18H14F2N4O3S. The van der Waals surface area contributed by atoms with E-state index < -0.39 is 6.61 Å². The van der Waals surface area contributed by atoms with Gasteiger partial charge in [-0.1, -0.05) is 23.9 Å². The molecule has 0 aliphatic rings. The molecule has 0 saturated carbocycles. The van der Waals surface area contributed by atoms with E-state index in [2.05, 4.69) is 24.9 Å². The molecule has 0 aliphatic heterocycles. The van der Waals surface area contributed by atoms with Crippen LogP contribution in [0.3, 0.4) is 0 Å². The van der Waals surface area contributed by atoms with Gasteiger partial charge in [-0.15, -0.1) is 10.2 Å². The van der Waals surface area contributed by atoms with Gasteiger partial charge >= 0.3 is 6.61 Å². The van der Waals surface area contributed by atoms with Crippen LogP contribution in [0.1, 0.15) is 5.89 Å². The molecule has 0 bridgehead atoms. The number of alkyl halides is 2. The molecule has 0 radical (unpaired) electrons. The van der Waals surface area contributed by atoms with Crippen molar-refractivity contribution in [3.8, 4) is 23.0 Å². The molecule has 0 atom stereocenters. The Labute approximate surface area is 162 Å². The van der Waals surface area contributed by atoms with E-state index in [4.69, 9.17) is 9.15 Å². The minimum Gasteiger partial charge on any atom is -0.496 e. The molecule has 2 aromatic carbocycles. The number of imidazole rings is 1. The van der Waals surface area contributed by atoms with Crippen LogP contribution in [0.2, 0.25) is 0 Å². The van der Waals surface area contributed by atoms with E-state index in [1.54, 1.807) is 13.2 Å². The summed E-state index contributed by atoms with van der Waals surface area (Å²) in [5.41, 5.74) is 1.95. The van der Waals surface area contributed by atoms with Gasteiger partial charge < -0.3 is 18.9 Å². The number of halogens is 2. The van der Waals surface area contributed by atoms with Gasteiger partial charge in [0, 0.05) is 6.07 Å². The largest absolute Gasteiger partial charge is 0.496 e. The smallest absolute Gasteiger partial charge is 0.387 e. The number of aromatic amines is 1. The quantitative estimate of drug-likeness (QED) is 0.453. The SMILES string of the molecule is COc1ccccc1-c1nnc(CSc2nc3ccc(OC(F)F)cc3[nH]2)o1. The summed E-state index contributed by atoms with van der Waals surface area (Å²) in [6.07, 6.45) is 0. The van der Waals surface area contributed by atoms with Crippen molar-refractivity contribution in [2.45, 2.75) is 17.5 Å². The molecule has 0 spiro atoms. The molecule has 2 aromatic heterocycles. The number of thioether (sulfide) groups is 1. The Morgan fingerprint density at radius 2 is 2.04 bits per heavy atom. The summed E-state index contributed by atoms with van der Waals surface area (Å²) < 4.78 is 40.0. The van der Waals surface area contributed by atoms with E-state index in [1.807, 2.05) is 24.3 Å². The number of rotatable bonds is 7. The first-order valence-electron chi connectivity index (χ1n) is 8.15. The van der Waals surface area contributed by atoms with Crippen LogP contribution in [0.15, 0.2) is 52.0 Å². The number of aromatic nitrogens is 4. The lowest BCUT2D eigenvalue weighted by atomic mass is 10.2. The maximum absolute atomic E-state index is 12.3. The van der Waals surface area contributed by atoms with Crippen LogP contribution in [0.25, 0.3) is 22.5 Å². The maximum Gasteiger partial charge on any atom is 0.387 e. The standard InChI is InChI=1S/C18H14F2N4O3S/c1-25-14-5-3-2-4-11(14)16-24-23-15(27-16)9-28-18-21-12-7-6-10(26-17(19)20)8-13(12)22-18/h2-8,17H,9H2,1H3,(H,21,22). The molecular weight excluding hydrogens is 390 g/mol. The molecule has 28 heavy (non-hydrogen) atoms. The minimum atomic E-state index is -2.87. The van der Waals surface area contributed by atoms with Gasteiger partial charge in [0.2, 0.25) is 5.89 Å². The van der Waals surface area contributed by atoms with Crippen LogP contribution in [0.4, 0.5) is 8.78 Å². The first-order valence-corrected chi connectivity index (χ1v) is 9.14. The second kappa shape index (κ2) is 7.85. The average Bonchev–Trinajstić information content (AvgIpc) is 3.32. The summed E-state index contributed by atoms with van der Waals surface area (Å²) in [6, 6.07) is 11.9. The number of benzene rings is 2. The summed E-state index contributed by atoms with van der Waals surface area (Å²) >= 11 is 1.35. The predicted molar refractivity (Wildman–Crippen MR) is 98.6 cm³/mol. The number of H-pyrrole nitrogens is 1. The van der Waals surface area contributed by atoms with Gasteiger partial charge in [-0.25, -0.2) is 4.98 Å². The van der Waals surface area contributed by atoms with Crippen molar-refractivity contribution in [2.75, 3.05) is 7.11 Å². The Morgan fingerprint density at radius 3 is 2.86 bits per heavy atom. The van der Waals surface area contributed by atoms with Crippen LogP contribution < -0.4 is 9.47 Å². The zero-order valence-corrected chi connectivity index (χ0v) is 15.4. The fraction of sp³-hybridized carbons (Fsp3) is 0.167. The fourth-order valence-corrected chi connectivity index (χ4v) is 3.30. The molecule has 1 N–H and O–H groups in total. The first kappa shape index (κ1) is 18.2. The number of para-hydroxylation sites is 1. The van der Waals surface area contributed by atoms with Crippen LogP contribution in [0, 0.1) is 0 Å². The molecule has 0 saturated heterocycles. The lowest BCUT2D eigenvalue weighted by Crippen LogP contribution is -2.01. The van der Waals surface area contributed by atoms with Crippen LogP contribution >= 0.6 is 11.8 Å². The van der Waals surface area contributed by atoms with Crippen molar-refractivity contribution >= 4 is 22.8 Å². The van der Waals surface area contributed by atoms with Gasteiger partial charge in [0.15, 0.2) is 5.16 Å². The number of hydrogen-bond acceptors (Lipinski definition) is 7.